The molecule has 0 aromatic heterocycles. The summed E-state index contributed by atoms with van der Waals surface area (Å²) in [5.74, 6) is 0.422. The summed E-state index contributed by atoms with van der Waals surface area (Å²) in [7, 11) is 0. The van der Waals surface area contributed by atoms with Gasteiger partial charge in [0.25, 0.3) is 5.91 Å². The summed E-state index contributed by atoms with van der Waals surface area (Å²) >= 11 is 6.19. The lowest BCUT2D eigenvalue weighted by Gasteiger charge is -2.13. The molecule has 7 heteroatoms. The van der Waals surface area contributed by atoms with Gasteiger partial charge in [-0.15, -0.1) is 0 Å². The van der Waals surface area contributed by atoms with Crippen LogP contribution in [0.25, 0.3) is 0 Å². The van der Waals surface area contributed by atoms with E-state index in [-0.39, 0.29) is 17.9 Å². The number of rotatable bonds is 6. The van der Waals surface area contributed by atoms with E-state index in [0.29, 0.717) is 22.0 Å². The van der Waals surface area contributed by atoms with Crippen LogP contribution in [0.5, 0.6) is 0 Å². The van der Waals surface area contributed by atoms with Crippen molar-refractivity contribution in [1.82, 2.24) is 5.32 Å². The second-order valence-electron chi connectivity index (χ2n) is 8.63. The maximum atomic E-state index is 12.8. The number of carbonyl (C=O) groups is 2. The molecule has 1 saturated heterocycles. The molecule has 2 amide bonds. The van der Waals surface area contributed by atoms with E-state index in [1.54, 1.807) is 18.2 Å². The molecule has 33 heavy (non-hydrogen) atoms. The Balaban J connectivity index is 1.21. The Hall–Kier alpha value is -3.35. The third-order valence-corrected chi connectivity index (χ3v) is 6.62. The maximum absolute atomic E-state index is 12.8. The van der Waals surface area contributed by atoms with Gasteiger partial charge in [-0.05, 0) is 60.3 Å². The van der Waals surface area contributed by atoms with Crippen LogP contribution in [0, 0.1) is 5.92 Å². The molecule has 6 nitrogen and oxygen atoms in total. The monoisotopic (exact) mass is 461 g/mol. The molecular formula is C26H24ClN3O3. The number of amides is 2. The second-order valence-corrected chi connectivity index (χ2v) is 9.07. The van der Waals surface area contributed by atoms with Gasteiger partial charge in [-0.3, -0.25) is 10.1 Å². The van der Waals surface area contributed by atoms with Gasteiger partial charge in [-0.1, -0.05) is 54.1 Å². The predicted molar refractivity (Wildman–Crippen MR) is 129 cm³/mol. The van der Waals surface area contributed by atoms with Crippen molar-refractivity contribution in [3.8, 4) is 0 Å². The second kappa shape index (κ2) is 8.89. The molecule has 1 saturated carbocycles. The Labute approximate surface area is 197 Å². The highest BCUT2D eigenvalue weighted by Gasteiger charge is 2.57. The van der Waals surface area contributed by atoms with Gasteiger partial charge in [0, 0.05) is 33.9 Å². The molecule has 1 heterocycles. The lowest BCUT2D eigenvalue weighted by molar-refractivity contribution is 0.102. The number of hydrogen-bond acceptors (Lipinski definition) is 4. The Bertz CT molecular complexity index is 1180. The largest absolute Gasteiger partial charge is 0.444 e. The van der Waals surface area contributed by atoms with Crippen LogP contribution in [0.15, 0.2) is 72.8 Å². The van der Waals surface area contributed by atoms with Crippen molar-refractivity contribution in [2.75, 3.05) is 23.7 Å². The zero-order valence-corrected chi connectivity index (χ0v) is 18.7. The van der Waals surface area contributed by atoms with Gasteiger partial charge in [0.1, 0.15) is 6.61 Å². The van der Waals surface area contributed by atoms with E-state index in [1.807, 2.05) is 42.5 Å². The number of fused-ring (bicyclic) bond motifs is 1. The molecule has 2 aliphatic rings. The number of benzene rings is 3. The third kappa shape index (κ3) is 4.72. The number of piperidine rings is 1. The summed E-state index contributed by atoms with van der Waals surface area (Å²) in [6.45, 7) is 2.26. The summed E-state index contributed by atoms with van der Waals surface area (Å²) in [5.41, 5.74) is 3.91. The minimum atomic E-state index is -0.623. The van der Waals surface area contributed by atoms with Gasteiger partial charge in [-0.25, -0.2) is 4.79 Å². The normalized spacial score (nSPS) is 20.6. The molecule has 2 fully saturated rings. The van der Waals surface area contributed by atoms with Crippen LogP contribution in [-0.2, 0) is 16.8 Å². The lowest BCUT2D eigenvalue weighted by atomic mass is 9.95. The minimum absolute atomic E-state index is 0.147. The summed E-state index contributed by atoms with van der Waals surface area (Å²) < 4.78 is 5.23. The SMILES string of the molecule is O=C(Nc1cc(Cl)cc(C(=O)Nc2ccc([C@]34CNC[C@H]3C4)cc2)c1)OCc1ccccc1. The van der Waals surface area contributed by atoms with Crippen molar-refractivity contribution in [2.45, 2.75) is 18.4 Å². The number of halogens is 1. The summed E-state index contributed by atoms with van der Waals surface area (Å²) in [4.78, 5) is 25.0. The molecule has 168 valence electrons. The van der Waals surface area contributed by atoms with E-state index in [0.717, 1.165) is 24.6 Å². The van der Waals surface area contributed by atoms with E-state index >= 15 is 0 Å². The molecule has 5 rings (SSSR count). The molecule has 2 atom stereocenters. The van der Waals surface area contributed by atoms with Crippen LogP contribution in [0.1, 0.15) is 27.9 Å². The number of nitrogens with one attached hydrogen (secondary N) is 3. The average molecular weight is 462 g/mol. The van der Waals surface area contributed by atoms with E-state index in [1.165, 1.54) is 12.0 Å². The fourth-order valence-electron chi connectivity index (χ4n) is 4.55. The van der Waals surface area contributed by atoms with Gasteiger partial charge in [-0.2, -0.15) is 0 Å². The van der Waals surface area contributed by atoms with Crippen molar-refractivity contribution < 1.29 is 14.3 Å². The highest BCUT2D eigenvalue weighted by molar-refractivity contribution is 6.31. The van der Waals surface area contributed by atoms with Gasteiger partial charge in [0.2, 0.25) is 0 Å². The molecule has 3 N–H and O–H groups in total. The van der Waals surface area contributed by atoms with Crippen LogP contribution in [0.2, 0.25) is 5.02 Å². The third-order valence-electron chi connectivity index (χ3n) is 6.40. The van der Waals surface area contributed by atoms with Gasteiger partial charge < -0.3 is 15.4 Å². The van der Waals surface area contributed by atoms with Gasteiger partial charge >= 0.3 is 6.09 Å². The Morgan fingerprint density at radius 2 is 1.79 bits per heavy atom. The highest BCUT2D eigenvalue weighted by atomic mass is 35.5. The van der Waals surface area contributed by atoms with Gasteiger partial charge in [0.15, 0.2) is 0 Å². The van der Waals surface area contributed by atoms with Crippen LogP contribution >= 0.6 is 11.6 Å². The molecule has 1 aliphatic carbocycles. The molecular weight excluding hydrogens is 438 g/mol. The molecule has 0 bridgehead atoms. The first-order chi connectivity index (χ1) is 16.0. The van der Waals surface area contributed by atoms with Crippen LogP contribution in [0.4, 0.5) is 16.2 Å². The maximum Gasteiger partial charge on any atom is 0.411 e. The number of anilines is 2. The molecule has 0 radical (unpaired) electrons. The van der Waals surface area contributed by atoms with Crippen molar-refractivity contribution in [3.63, 3.8) is 0 Å². The number of ether oxygens (including phenoxy) is 1. The topological polar surface area (TPSA) is 79.5 Å². The van der Waals surface area contributed by atoms with E-state index in [2.05, 4.69) is 28.1 Å². The van der Waals surface area contributed by atoms with Crippen molar-refractivity contribution >= 4 is 35.0 Å². The Kier molecular flexibility index (Phi) is 5.79. The van der Waals surface area contributed by atoms with Crippen molar-refractivity contribution in [3.05, 3.63) is 94.5 Å². The first kappa shape index (κ1) is 21.5. The zero-order chi connectivity index (χ0) is 22.8. The van der Waals surface area contributed by atoms with Crippen molar-refractivity contribution in [1.29, 1.82) is 0 Å². The first-order valence-electron chi connectivity index (χ1n) is 10.9. The average Bonchev–Trinajstić information content (AvgIpc) is 3.38. The van der Waals surface area contributed by atoms with E-state index in [9.17, 15) is 9.59 Å². The Morgan fingerprint density at radius 1 is 1.00 bits per heavy atom. The number of carbonyl (C=O) groups excluding carboxylic acids is 2. The van der Waals surface area contributed by atoms with Crippen LogP contribution in [-0.4, -0.2) is 25.1 Å². The molecule has 0 unspecified atom stereocenters. The minimum Gasteiger partial charge on any atom is -0.444 e. The van der Waals surface area contributed by atoms with E-state index in [4.69, 9.17) is 16.3 Å². The standard InChI is InChI=1S/C26H24ClN3O3/c27-21-10-18(11-23(12-21)30-25(32)33-15-17-4-2-1-3-5-17)24(31)29-22-8-6-19(7-9-22)26-13-20(26)14-28-16-26/h1-12,20,28H,13-16H2,(H,29,31)(H,30,32)/t20-,26+/m1/s1. The molecule has 3 aromatic rings. The molecule has 3 aromatic carbocycles. The zero-order valence-electron chi connectivity index (χ0n) is 17.9. The summed E-state index contributed by atoms with van der Waals surface area (Å²) in [5, 5.41) is 9.31. The van der Waals surface area contributed by atoms with Crippen LogP contribution in [0.3, 0.4) is 0 Å². The highest BCUT2D eigenvalue weighted by Crippen LogP contribution is 2.56. The predicted octanol–water partition coefficient (Wildman–Crippen LogP) is 5.20. The van der Waals surface area contributed by atoms with Crippen molar-refractivity contribution in [2.24, 2.45) is 5.92 Å². The fraction of sp³-hybridized carbons (Fsp3) is 0.231. The summed E-state index contributed by atoms with van der Waals surface area (Å²) in [6.07, 6.45) is 0.611. The first-order valence-corrected chi connectivity index (χ1v) is 11.3. The van der Waals surface area contributed by atoms with Gasteiger partial charge in [0.05, 0.1) is 0 Å². The van der Waals surface area contributed by atoms with E-state index < -0.39 is 6.09 Å². The number of hydrogen-bond donors (Lipinski definition) is 3. The fourth-order valence-corrected chi connectivity index (χ4v) is 4.78. The summed E-state index contributed by atoms with van der Waals surface area (Å²) in [6, 6.07) is 22.1. The molecule has 0 spiro atoms. The molecule has 1 aliphatic heterocycles. The van der Waals surface area contributed by atoms with Crippen LogP contribution < -0.4 is 16.0 Å². The smallest absolute Gasteiger partial charge is 0.411 e. The quantitative estimate of drug-likeness (QED) is 0.471. The lowest BCUT2D eigenvalue weighted by Crippen LogP contribution is -2.19. The Morgan fingerprint density at radius 3 is 2.48 bits per heavy atom.